The zero-order valence-electron chi connectivity index (χ0n) is 19.2. The van der Waals surface area contributed by atoms with E-state index < -0.39 is 40.2 Å². The molecule has 3 rings (SSSR count). The van der Waals surface area contributed by atoms with Crippen LogP contribution in [0.25, 0.3) is 0 Å². The zero-order valence-corrected chi connectivity index (χ0v) is 20.8. The largest absolute Gasteiger partial charge is 0.357 e. The van der Waals surface area contributed by atoms with Crippen LogP contribution < -0.4 is 9.62 Å². The van der Waals surface area contributed by atoms with Crippen LogP contribution in [-0.4, -0.2) is 44.8 Å². The number of anilines is 1. The number of amides is 2. The second kappa shape index (κ2) is 11.3. The molecule has 0 aliphatic rings. The molecule has 3 aromatic carbocycles. The number of carbonyl (C=O) groups is 2. The van der Waals surface area contributed by atoms with Crippen LogP contribution in [0.5, 0.6) is 0 Å². The maximum absolute atomic E-state index is 14.4. The van der Waals surface area contributed by atoms with Crippen molar-refractivity contribution in [1.82, 2.24) is 10.2 Å². The SMILES string of the molecule is CNC(=O)[C@H](C)N(Cc1ccccc1F)C(=O)CN(c1cccc(Cl)c1)S(=O)(=O)c1ccccc1. The van der Waals surface area contributed by atoms with Gasteiger partial charge in [-0.1, -0.05) is 54.1 Å². The van der Waals surface area contributed by atoms with E-state index in [1.807, 2.05) is 0 Å². The molecule has 35 heavy (non-hydrogen) atoms. The van der Waals surface area contributed by atoms with Gasteiger partial charge < -0.3 is 10.2 Å². The minimum atomic E-state index is -4.18. The summed E-state index contributed by atoms with van der Waals surface area (Å²) in [5.74, 6) is -1.71. The van der Waals surface area contributed by atoms with Crippen LogP contribution in [-0.2, 0) is 26.2 Å². The van der Waals surface area contributed by atoms with Crippen molar-refractivity contribution in [2.45, 2.75) is 24.4 Å². The summed E-state index contributed by atoms with van der Waals surface area (Å²) in [6.07, 6.45) is 0. The molecule has 10 heteroatoms. The fourth-order valence-electron chi connectivity index (χ4n) is 3.48. The summed E-state index contributed by atoms with van der Waals surface area (Å²) in [5, 5.41) is 2.76. The van der Waals surface area contributed by atoms with Crippen LogP contribution in [0, 0.1) is 5.82 Å². The van der Waals surface area contributed by atoms with Gasteiger partial charge in [0, 0.05) is 24.2 Å². The average molecular weight is 518 g/mol. The molecular formula is C25H25ClFN3O4S. The first kappa shape index (κ1) is 26.2. The van der Waals surface area contributed by atoms with E-state index >= 15 is 0 Å². The van der Waals surface area contributed by atoms with Crippen LogP contribution in [0.4, 0.5) is 10.1 Å². The molecule has 0 radical (unpaired) electrons. The number of benzene rings is 3. The number of carbonyl (C=O) groups excluding carboxylic acids is 2. The van der Waals surface area contributed by atoms with Crippen LogP contribution in [0.3, 0.4) is 0 Å². The van der Waals surface area contributed by atoms with Gasteiger partial charge in [-0.2, -0.15) is 0 Å². The smallest absolute Gasteiger partial charge is 0.264 e. The minimum Gasteiger partial charge on any atom is -0.357 e. The van der Waals surface area contributed by atoms with Crippen LogP contribution in [0.2, 0.25) is 5.02 Å². The number of rotatable bonds is 9. The van der Waals surface area contributed by atoms with Crippen molar-refractivity contribution in [2.75, 3.05) is 17.9 Å². The Balaban J connectivity index is 2.04. The fourth-order valence-corrected chi connectivity index (χ4v) is 5.09. The highest BCUT2D eigenvalue weighted by Gasteiger charge is 2.32. The molecule has 0 heterocycles. The Hall–Kier alpha value is -3.43. The Morgan fingerprint density at radius 1 is 1.00 bits per heavy atom. The van der Waals surface area contributed by atoms with Crippen molar-refractivity contribution in [2.24, 2.45) is 0 Å². The number of sulfonamides is 1. The third-order valence-electron chi connectivity index (χ3n) is 5.42. The Labute approximate surface area is 209 Å². The van der Waals surface area contributed by atoms with Crippen LogP contribution in [0.1, 0.15) is 12.5 Å². The summed E-state index contributed by atoms with van der Waals surface area (Å²) in [4.78, 5) is 27.1. The van der Waals surface area contributed by atoms with Gasteiger partial charge in [0.05, 0.1) is 10.6 Å². The molecule has 0 bridgehead atoms. The molecule has 0 saturated carbocycles. The van der Waals surface area contributed by atoms with Crippen molar-refractivity contribution in [3.8, 4) is 0 Å². The molecule has 1 N–H and O–H groups in total. The summed E-state index contributed by atoms with van der Waals surface area (Å²) in [7, 11) is -2.76. The van der Waals surface area contributed by atoms with Gasteiger partial charge in [0.2, 0.25) is 11.8 Å². The Morgan fingerprint density at radius 3 is 2.29 bits per heavy atom. The van der Waals surface area contributed by atoms with E-state index in [4.69, 9.17) is 11.6 Å². The highest BCUT2D eigenvalue weighted by molar-refractivity contribution is 7.92. The first-order valence-corrected chi connectivity index (χ1v) is 12.5. The summed E-state index contributed by atoms with van der Waals surface area (Å²) in [5.41, 5.74) is 0.366. The third-order valence-corrected chi connectivity index (χ3v) is 7.44. The van der Waals surface area contributed by atoms with E-state index in [2.05, 4.69) is 5.32 Å². The normalized spacial score (nSPS) is 12.0. The van der Waals surface area contributed by atoms with Gasteiger partial charge in [-0.15, -0.1) is 0 Å². The van der Waals surface area contributed by atoms with Crippen molar-refractivity contribution in [3.05, 3.63) is 95.3 Å². The molecule has 0 unspecified atom stereocenters. The minimum absolute atomic E-state index is 0.0206. The Bertz CT molecular complexity index is 1300. The van der Waals surface area contributed by atoms with Gasteiger partial charge in [-0.3, -0.25) is 13.9 Å². The van der Waals surface area contributed by atoms with Crippen molar-refractivity contribution >= 4 is 39.1 Å². The van der Waals surface area contributed by atoms with E-state index in [1.54, 1.807) is 36.4 Å². The highest BCUT2D eigenvalue weighted by Crippen LogP contribution is 2.27. The van der Waals surface area contributed by atoms with Gasteiger partial charge >= 0.3 is 0 Å². The van der Waals surface area contributed by atoms with Crippen molar-refractivity contribution < 1.29 is 22.4 Å². The molecule has 3 aromatic rings. The quantitative estimate of drug-likeness (QED) is 0.467. The van der Waals surface area contributed by atoms with Crippen molar-refractivity contribution in [1.29, 1.82) is 0 Å². The first-order chi connectivity index (χ1) is 16.6. The van der Waals surface area contributed by atoms with E-state index in [1.165, 1.54) is 56.4 Å². The van der Waals surface area contributed by atoms with E-state index in [0.29, 0.717) is 0 Å². The lowest BCUT2D eigenvalue weighted by molar-refractivity contribution is -0.139. The lowest BCUT2D eigenvalue weighted by atomic mass is 10.1. The Kier molecular flexibility index (Phi) is 8.48. The maximum atomic E-state index is 14.4. The predicted molar refractivity (Wildman–Crippen MR) is 133 cm³/mol. The summed E-state index contributed by atoms with van der Waals surface area (Å²) in [6, 6.07) is 18.6. The van der Waals surface area contributed by atoms with E-state index in [-0.39, 0.29) is 27.7 Å². The molecule has 1 atom stereocenters. The molecular weight excluding hydrogens is 493 g/mol. The van der Waals surface area contributed by atoms with Gasteiger partial charge in [0.1, 0.15) is 18.4 Å². The molecule has 0 fully saturated rings. The molecule has 0 spiro atoms. The topological polar surface area (TPSA) is 86.8 Å². The van der Waals surface area contributed by atoms with Gasteiger partial charge in [0.25, 0.3) is 10.0 Å². The number of halogens is 2. The second-order valence-corrected chi connectivity index (χ2v) is 10.0. The first-order valence-electron chi connectivity index (χ1n) is 10.7. The summed E-state index contributed by atoms with van der Waals surface area (Å²) < 4.78 is 42.4. The third kappa shape index (κ3) is 6.17. The molecule has 7 nitrogen and oxygen atoms in total. The van der Waals surface area contributed by atoms with Crippen molar-refractivity contribution in [3.63, 3.8) is 0 Å². The number of nitrogens with one attached hydrogen (secondary N) is 1. The summed E-state index contributed by atoms with van der Waals surface area (Å²) >= 11 is 6.11. The summed E-state index contributed by atoms with van der Waals surface area (Å²) in [6.45, 7) is 0.634. The molecule has 0 saturated heterocycles. The standard InChI is InChI=1S/C25H25ClFN3O4S/c1-18(25(32)28-2)29(16-19-9-6-7-14-23(19)27)24(31)17-30(21-11-8-10-20(26)15-21)35(33,34)22-12-4-3-5-13-22/h3-15,18H,16-17H2,1-2H3,(H,28,32)/t18-/m0/s1. The predicted octanol–water partition coefficient (Wildman–Crippen LogP) is 3.84. The average Bonchev–Trinajstić information content (AvgIpc) is 2.86. The van der Waals surface area contributed by atoms with Gasteiger partial charge in [0.15, 0.2) is 0 Å². The number of hydrogen-bond acceptors (Lipinski definition) is 4. The Morgan fingerprint density at radius 2 is 1.66 bits per heavy atom. The fraction of sp³-hybridized carbons (Fsp3) is 0.200. The molecule has 0 aliphatic carbocycles. The number of likely N-dealkylation sites (N-methyl/N-ethyl adjacent to an activating group) is 1. The lowest BCUT2D eigenvalue weighted by Gasteiger charge is -2.31. The number of hydrogen-bond donors (Lipinski definition) is 1. The van der Waals surface area contributed by atoms with Gasteiger partial charge in [-0.25, -0.2) is 12.8 Å². The molecule has 2 amide bonds. The lowest BCUT2D eigenvalue weighted by Crippen LogP contribution is -2.50. The number of nitrogens with zero attached hydrogens (tertiary/aromatic N) is 2. The molecule has 184 valence electrons. The monoisotopic (exact) mass is 517 g/mol. The molecule has 0 aliphatic heterocycles. The highest BCUT2D eigenvalue weighted by atomic mass is 35.5. The second-order valence-electron chi connectivity index (χ2n) is 7.71. The molecule has 0 aromatic heterocycles. The van der Waals surface area contributed by atoms with Gasteiger partial charge in [-0.05, 0) is 43.3 Å². The van der Waals surface area contributed by atoms with E-state index in [0.717, 1.165) is 9.21 Å². The van der Waals surface area contributed by atoms with Crippen LogP contribution in [0.15, 0.2) is 83.8 Å². The van der Waals surface area contributed by atoms with E-state index in [9.17, 15) is 22.4 Å². The van der Waals surface area contributed by atoms with Crippen LogP contribution >= 0.6 is 11.6 Å². The maximum Gasteiger partial charge on any atom is 0.264 e. The zero-order chi connectivity index (χ0) is 25.6.